The van der Waals surface area contributed by atoms with Crippen molar-refractivity contribution in [3.8, 4) is 0 Å². The van der Waals surface area contributed by atoms with Gasteiger partial charge in [-0.15, -0.1) is 0 Å². The van der Waals surface area contributed by atoms with Crippen LogP contribution in [-0.4, -0.2) is 67.8 Å². The monoisotopic (exact) mass is 567 g/mol. The quantitative estimate of drug-likeness (QED) is 0.145. The molecule has 0 radical (unpaired) electrons. The third-order valence-corrected chi connectivity index (χ3v) is 7.53. The molecule has 36 heavy (non-hydrogen) atoms. The van der Waals surface area contributed by atoms with E-state index in [1.807, 2.05) is 0 Å². The van der Waals surface area contributed by atoms with Crippen LogP contribution in [0, 0.1) is 11.3 Å². The minimum atomic E-state index is -1.70. The molecule has 1 aromatic carbocycles. The standard InChI is InChI=1S/C22H29N7O6Se/c1-12(26-28-19(32)24-14-10-8-7-9-11-14)15(16(30)34-6)22(17(31)25-18(23)36-22)13(2)27-29-20(33)35-21(3,4)5/h7-11,15H,1-6H3,(H,29,33)(H2,23,25,31)(H2,24,28,32)/b26-12+,27-13+. The molecule has 0 aromatic heterocycles. The summed E-state index contributed by atoms with van der Waals surface area (Å²) >= 11 is -0.963. The zero-order valence-corrected chi connectivity index (χ0v) is 22.4. The molecule has 1 saturated heterocycles. The summed E-state index contributed by atoms with van der Waals surface area (Å²) < 4.78 is 8.30. The molecule has 1 heterocycles. The topological polar surface area (TPSA) is 183 Å². The Labute approximate surface area is 214 Å². The molecule has 13 nitrogen and oxygen atoms in total. The van der Waals surface area contributed by atoms with E-state index in [1.54, 1.807) is 51.1 Å². The van der Waals surface area contributed by atoms with Crippen molar-refractivity contribution in [3.63, 3.8) is 0 Å². The van der Waals surface area contributed by atoms with Crippen LogP contribution in [0.2, 0.25) is 4.31 Å². The first-order chi connectivity index (χ1) is 16.8. The SMILES string of the molecule is COC(=O)C(/C(C)=N/NC(=O)Nc1ccccc1)C1(/C(C)=N/NC(=O)OC(C)(C)C)[Se]C(=N)NC1=O. The number of hydrazone groups is 2. The number of esters is 1. The first kappa shape index (κ1) is 28.5. The Bertz CT molecular complexity index is 1100. The summed E-state index contributed by atoms with van der Waals surface area (Å²) in [6, 6.07) is 7.95. The number of amides is 4. The number of ether oxygens (including phenoxy) is 2. The summed E-state index contributed by atoms with van der Waals surface area (Å²) in [6.07, 6.45) is -0.864. The number of anilines is 1. The number of hydrogen-bond donors (Lipinski definition) is 5. The number of benzene rings is 1. The van der Waals surface area contributed by atoms with E-state index in [2.05, 4.69) is 31.7 Å². The molecule has 14 heteroatoms. The molecular formula is C22H29N7O6Se. The van der Waals surface area contributed by atoms with Gasteiger partial charge in [0.25, 0.3) is 0 Å². The number of nitrogens with one attached hydrogen (secondary N) is 5. The van der Waals surface area contributed by atoms with Crippen molar-refractivity contribution in [1.29, 1.82) is 5.41 Å². The van der Waals surface area contributed by atoms with Crippen molar-refractivity contribution in [2.75, 3.05) is 12.4 Å². The molecule has 0 saturated carbocycles. The van der Waals surface area contributed by atoms with Crippen LogP contribution in [0.15, 0.2) is 40.5 Å². The van der Waals surface area contributed by atoms with E-state index < -0.39 is 54.8 Å². The van der Waals surface area contributed by atoms with Crippen LogP contribution < -0.4 is 21.5 Å². The summed E-state index contributed by atoms with van der Waals surface area (Å²) in [5, 5.41) is 21.1. The third-order valence-electron chi connectivity index (χ3n) is 4.71. The Morgan fingerprint density at radius 3 is 2.28 bits per heavy atom. The van der Waals surface area contributed by atoms with Gasteiger partial charge in [-0.05, 0) is 0 Å². The number of hydrogen-bond acceptors (Lipinski definition) is 9. The third kappa shape index (κ3) is 7.12. The Balaban J connectivity index is 2.39. The summed E-state index contributed by atoms with van der Waals surface area (Å²) in [6.45, 7) is 7.90. The number of carbonyl (C=O) groups excluding carboxylic acids is 4. The predicted molar refractivity (Wildman–Crippen MR) is 134 cm³/mol. The van der Waals surface area contributed by atoms with Gasteiger partial charge in [0.2, 0.25) is 0 Å². The molecule has 0 spiro atoms. The average molecular weight is 566 g/mol. The molecule has 1 aliphatic rings. The molecule has 0 bridgehead atoms. The van der Waals surface area contributed by atoms with Gasteiger partial charge >= 0.3 is 214 Å². The Hall–Kier alpha value is -3.77. The van der Waals surface area contributed by atoms with E-state index >= 15 is 0 Å². The van der Waals surface area contributed by atoms with Crippen molar-refractivity contribution in [2.24, 2.45) is 16.1 Å². The zero-order valence-electron chi connectivity index (χ0n) is 20.7. The summed E-state index contributed by atoms with van der Waals surface area (Å²) in [5.74, 6) is -2.87. The fourth-order valence-electron chi connectivity index (χ4n) is 3.21. The van der Waals surface area contributed by atoms with E-state index in [1.165, 1.54) is 13.8 Å². The second-order valence-corrected chi connectivity index (χ2v) is 11.2. The molecule has 2 rings (SSSR count). The number of rotatable bonds is 7. The fourth-order valence-corrected chi connectivity index (χ4v) is 5.70. The molecule has 1 fully saturated rings. The first-order valence-corrected chi connectivity index (χ1v) is 12.4. The molecule has 1 aliphatic heterocycles. The fraction of sp³-hybridized carbons (Fsp3) is 0.409. The molecule has 194 valence electrons. The van der Waals surface area contributed by atoms with Crippen molar-refractivity contribution in [1.82, 2.24) is 16.2 Å². The molecule has 0 aliphatic carbocycles. The van der Waals surface area contributed by atoms with Gasteiger partial charge in [-0.1, -0.05) is 0 Å². The molecule has 4 amide bonds. The van der Waals surface area contributed by atoms with Crippen molar-refractivity contribution < 1.29 is 28.7 Å². The van der Waals surface area contributed by atoms with Gasteiger partial charge in [0.1, 0.15) is 0 Å². The van der Waals surface area contributed by atoms with Gasteiger partial charge in [0.05, 0.1) is 0 Å². The van der Waals surface area contributed by atoms with Crippen LogP contribution in [0.25, 0.3) is 0 Å². The van der Waals surface area contributed by atoms with Gasteiger partial charge in [-0.25, -0.2) is 0 Å². The van der Waals surface area contributed by atoms with Crippen molar-refractivity contribution in [3.05, 3.63) is 30.3 Å². The van der Waals surface area contributed by atoms with Crippen LogP contribution in [0.1, 0.15) is 34.6 Å². The first-order valence-electron chi connectivity index (χ1n) is 10.7. The van der Waals surface area contributed by atoms with Gasteiger partial charge in [0.15, 0.2) is 0 Å². The summed E-state index contributed by atoms with van der Waals surface area (Å²) in [5.41, 5.74) is 4.31. The van der Waals surface area contributed by atoms with E-state index in [0.717, 1.165) is 7.11 Å². The van der Waals surface area contributed by atoms with Crippen LogP contribution in [-0.2, 0) is 19.1 Å². The number of para-hydroxylation sites is 1. The molecule has 1 aromatic rings. The maximum absolute atomic E-state index is 13.1. The van der Waals surface area contributed by atoms with Gasteiger partial charge in [0, 0.05) is 0 Å². The number of nitrogens with zero attached hydrogens (tertiary/aromatic N) is 2. The Morgan fingerprint density at radius 2 is 1.75 bits per heavy atom. The van der Waals surface area contributed by atoms with Crippen LogP contribution in [0.5, 0.6) is 0 Å². The van der Waals surface area contributed by atoms with Crippen molar-refractivity contribution in [2.45, 2.75) is 44.5 Å². The Morgan fingerprint density at radius 1 is 1.11 bits per heavy atom. The van der Waals surface area contributed by atoms with Crippen LogP contribution >= 0.6 is 0 Å². The van der Waals surface area contributed by atoms with E-state index in [0.29, 0.717) is 5.69 Å². The zero-order chi connectivity index (χ0) is 27.1. The van der Waals surface area contributed by atoms with E-state index in [-0.39, 0.29) is 16.2 Å². The van der Waals surface area contributed by atoms with Crippen LogP contribution in [0.4, 0.5) is 15.3 Å². The predicted octanol–water partition coefficient (Wildman–Crippen LogP) is 1.80. The van der Waals surface area contributed by atoms with Gasteiger partial charge in [-0.3, -0.25) is 0 Å². The number of carbonyl (C=O) groups is 4. The molecular weight excluding hydrogens is 537 g/mol. The maximum atomic E-state index is 13.1. The van der Waals surface area contributed by atoms with Crippen molar-refractivity contribution >= 4 is 60.8 Å². The van der Waals surface area contributed by atoms with E-state index in [9.17, 15) is 19.2 Å². The number of methoxy groups -OCH3 is 1. The Kier molecular flexibility index (Phi) is 9.31. The minimum absolute atomic E-state index is 0.0311. The molecule has 2 atom stereocenters. The number of amidine groups is 1. The number of urea groups is 1. The van der Waals surface area contributed by atoms with Crippen LogP contribution in [0.3, 0.4) is 0 Å². The average Bonchev–Trinajstić information content (AvgIpc) is 3.09. The summed E-state index contributed by atoms with van der Waals surface area (Å²) in [4.78, 5) is 50.5. The van der Waals surface area contributed by atoms with Gasteiger partial charge < -0.3 is 0 Å². The normalized spacial score (nSPS) is 19.2. The second-order valence-electron chi connectivity index (χ2n) is 8.57. The molecule has 5 N–H and O–H groups in total. The van der Waals surface area contributed by atoms with E-state index in [4.69, 9.17) is 14.9 Å². The molecule has 2 unspecified atom stereocenters. The summed E-state index contributed by atoms with van der Waals surface area (Å²) in [7, 11) is 1.14. The van der Waals surface area contributed by atoms with Gasteiger partial charge in [-0.2, -0.15) is 0 Å². The second kappa shape index (κ2) is 11.8.